The van der Waals surface area contributed by atoms with Crippen molar-refractivity contribution in [3.05, 3.63) is 34.1 Å². The van der Waals surface area contributed by atoms with Crippen LogP contribution >= 0.6 is 0 Å². The number of aromatic nitrogens is 1. The number of hydrogen-bond acceptors (Lipinski definition) is 5. The molecule has 0 radical (unpaired) electrons. The average molecular weight is 393 g/mol. The number of nitrogens with one attached hydrogen (secondary N) is 1. The molecule has 1 aromatic carbocycles. The number of halogens is 2. The highest BCUT2D eigenvalue weighted by Crippen LogP contribution is 2.40. The molecule has 0 amide bonds. The number of anilines is 1. The Bertz CT molecular complexity index is 1000. The first kappa shape index (κ1) is 18.7. The van der Waals surface area contributed by atoms with E-state index in [1.807, 2.05) is 7.05 Å². The molecule has 1 atom stereocenters. The summed E-state index contributed by atoms with van der Waals surface area (Å²) >= 11 is 0. The lowest BCUT2D eigenvalue weighted by Crippen LogP contribution is -2.26. The van der Waals surface area contributed by atoms with E-state index in [0.29, 0.717) is 13.1 Å². The standard InChI is InChI=1S/C19H21F2N3O4/c1-22-7-10-4-5-23(8-10)17-13(20)6-12-16(15(17)21)24(11-2-3-11)9-14(18(12)25)28-19(26)27/h6,9-11,22H,2-5,7-8H2,1H3,(H,26,27). The van der Waals surface area contributed by atoms with Crippen molar-refractivity contribution in [2.24, 2.45) is 5.92 Å². The topological polar surface area (TPSA) is 83.8 Å². The molecule has 2 fully saturated rings. The van der Waals surface area contributed by atoms with E-state index in [-0.39, 0.29) is 28.6 Å². The first-order valence-electron chi connectivity index (χ1n) is 9.27. The predicted octanol–water partition coefficient (Wildman–Crippen LogP) is 2.72. The molecule has 9 heteroatoms. The quantitative estimate of drug-likeness (QED) is 0.760. The van der Waals surface area contributed by atoms with Crippen LogP contribution in [-0.4, -0.2) is 42.5 Å². The molecule has 2 aromatic rings. The van der Waals surface area contributed by atoms with Gasteiger partial charge in [-0.1, -0.05) is 0 Å². The second-order valence-corrected chi connectivity index (χ2v) is 7.40. The molecular formula is C19H21F2N3O4. The van der Waals surface area contributed by atoms with Gasteiger partial charge < -0.3 is 24.6 Å². The van der Waals surface area contributed by atoms with E-state index in [9.17, 15) is 14.0 Å². The number of nitrogens with zero attached hydrogens (tertiary/aromatic N) is 2. The van der Waals surface area contributed by atoms with Crippen LogP contribution in [0.2, 0.25) is 0 Å². The van der Waals surface area contributed by atoms with Crippen LogP contribution in [0.3, 0.4) is 0 Å². The molecule has 2 heterocycles. The minimum absolute atomic E-state index is 0.00120. The lowest BCUT2D eigenvalue weighted by atomic mass is 10.1. The van der Waals surface area contributed by atoms with E-state index in [2.05, 4.69) is 10.1 Å². The van der Waals surface area contributed by atoms with Crippen LogP contribution in [0.15, 0.2) is 17.1 Å². The molecule has 1 saturated carbocycles. The van der Waals surface area contributed by atoms with E-state index < -0.39 is 29.0 Å². The van der Waals surface area contributed by atoms with Crippen molar-refractivity contribution in [1.82, 2.24) is 9.88 Å². The van der Waals surface area contributed by atoms with Crippen LogP contribution in [0.25, 0.3) is 10.9 Å². The maximum absolute atomic E-state index is 15.5. The summed E-state index contributed by atoms with van der Waals surface area (Å²) < 4.78 is 36.4. The third kappa shape index (κ3) is 3.19. The zero-order valence-corrected chi connectivity index (χ0v) is 15.4. The fourth-order valence-electron chi connectivity index (χ4n) is 3.99. The van der Waals surface area contributed by atoms with Crippen LogP contribution in [0, 0.1) is 17.6 Å². The fourth-order valence-corrected chi connectivity index (χ4v) is 3.99. The number of fused-ring (bicyclic) bond motifs is 1. The molecule has 7 nitrogen and oxygen atoms in total. The molecule has 1 saturated heterocycles. The largest absolute Gasteiger partial charge is 0.511 e. The Kier molecular flexibility index (Phi) is 4.70. The smallest absolute Gasteiger partial charge is 0.449 e. The molecule has 1 aromatic heterocycles. The third-order valence-electron chi connectivity index (χ3n) is 5.38. The summed E-state index contributed by atoms with van der Waals surface area (Å²) in [6.45, 7) is 1.81. The van der Waals surface area contributed by atoms with Gasteiger partial charge in [0.1, 0.15) is 11.5 Å². The van der Waals surface area contributed by atoms with Gasteiger partial charge in [-0.3, -0.25) is 4.79 Å². The Labute approximate surface area is 159 Å². The molecule has 28 heavy (non-hydrogen) atoms. The predicted molar refractivity (Wildman–Crippen MR) is 99.3 cm³/mol. The number of pyridine rings is 1. The number of rotatable bonds is 5. The average Bonchev–Trinajstić information content (AvgIpc) is 3.38. The number of hydrogen-bond donors (Lipinski definition) is 2. The molecular weight excluding hydrogens is 372 g/mol. The summed E-state index contributed by atoms with van der Waals surface area (Å²) in [5.41, 5.74) is -0.973. The van der Waals surface area contributed by atoms with Crippen LogP contribution in [0.5, 0.6) is 5.75 Å². The van der Waals surface area contributed by atoms with Gasteiger partial charge in [-0.05, 0) is 44.8 Å². The highest BCUT2D eigenvalue weighted by Gasteiger charge is 2.32. The number of ether oxygens (including phenoxy) is 1. The fraction of sp³-hybridized carbons (Fsp3) is 0.474. The van der Waals surface area contributed by atoms with E-state index in [1.165, 1.54) is 10.8 Å². The Balaban J connectivity index is 1.87. The lowest BCUT2D eigenvalue weighted by molar-refractivity contribution is 0.143. The maximum Gasteiger partial charge on any atom is 0.511 e. The van der Waals surface area contributed by atoms with Gasteiger partial charge in [0, 0.05) is 19.1 Å². The van der Waals surface area contributed by atoms with Crippen molar-refractivity contribution >= 4 is 22.7 Å². The Morgan fingerprint density at radius 3 is 2.75 bits per heavy atom. The van der Waals surface area contributed by atoms with Crippen LogP contribution < -0.4 is 20.4 Å². The molecule has 1 unspecified atom stereocenters. The van der Waals surface area contributed by atoms with Crippen LogP contribution in [0.1, 0.15) is 25.3 Å². The van der Waals surface area contributed by atoms with Gasteiger partial charge in [-0.25, -0.2) is 13.6 Å². The SMILES string of the molecule is CNCC1CCN(c2c(F)cc3c(=O)c(OC(=O)O)cn(C4CC4)c3c2F)C1. The zero-order chi connectivity index (χ0) is 20.0. The normalized spacial score (nSPS) is 19.4. The highest BCUT2D eigenvalue weighted by molar-refractivity contribution is 5.86. The molecule has 0 spiro atoms. The van der Waals surface area contributed by atoms with Crippen molar-refractivity contribution in [3.8, 4) is 5.75 Å². The molecule has 2 N–H and O–H groups in total. The van der Waals surface area contributed by atoms with Crippen molar-refractivity contribution < 1.29 is 23.4 Å². The number of benzene rings is 1. The van der Waals surface area contributed by atoms with Gasteiger partial charge in [-0.2, -0.15) is 0 Å². The summed E-state index contributed by atoms with van der Waals surface area (Å²) in [7, 11) is 1.84. The van der Waals surface area contributed by atoms with E-state index in [4.69, 9.17) is 5.11 Å². The van der Waals surface area contributed by atoms with Crippen LogP contribution in [-0.2, 0) is 0 Å². The van der Waals surface area contributed by atoms with E-state index >= 15 is 4.39 Å². The molecule has 0 bridgehead atoms. The summed E-state index contributed by atoms with van der Waals surface area (Å²) in [6, 6.07) is 0.928. The van der Waals surface area contributed by atoms with Crippen molar-refractivity contribution in [2.45, 2.75) is 25.3 Å². The molecule has 2 aliphatic rings. The first-order valence-corrected chi connectivity index (χ1v) is 9.27. The van der Waals surface area contributed by atoms with Crippen molar-refractivity contribution in [2.75, 3.05) is 31.6 Å². The van der Waals surface area contributed by atoms with Crippen LogP contribution in [0.4, 0.5) is 19.3 Å². The monoisotopic (exact) mass is 393 g/mol. The van der Waals surface area contributed by atoms with Gasteiger partial charge in [0.15, 0.2) is 11.6 Å². The lowest BCUT2D eigenvalue weighted by Gasteiger charge is -2.22. The van der Waals surface area contributed by atoms with Crippen molar-refractivity contribution in [1.29, 1.82) is 0 Å². The second-order valence-electron chi connectivity index (χ2n) is 7.40. The van der Waals surface area contributed by atoms with E-state index in [1.54, 1.807) is 4.90 Å². The van der Waals surface area contributed by atoms with E-state index in [0.717, 1.165) is 31.9 Å². The number of carbonyl (C=O) groups is 1. The van der Waals surface area contributed by atoms with Gasteiger partial charge in [0.25, 0.3) is 0 Å². The highest BCUT2D eigenvalue weighted by atomic mass is 19.1. The third-order valence-corrected chi connectivity index (χ3v) is 5.38. The first-order chi connectivity index (χ1) is 13.4. The minimum atomic E-state index is -1.65. The van der Waals surface area contributed by atoms with Gasteiger partial charge in [0.2, 0.25) is 5.43 Å². The maximum atomic E-state index is 15.5. The summed E-state index contributed by atoms with van der Waals surface area (Å²) in [5.74, 6) is -1.78. The summed E-state index contributed by atoms with van der Waals surface area (Å²) in [5, 5.41) is 11.7. The van der Waals surface area contributed by atoms with Crippen molar-refractivity contribution in [3.63, 3.8) is 0 Å². The minimum Gasteiger partial charge on any atom is -0.449 e. The molecule has 1 aliphatic heterocycles. The molecule has 1 aliphatic carbocycles. The molecule has 150 valence electrons. The zero-order valence-electron chi connectivity index (χ0n) is 15.4. The number of carboxylic acid groups (broad SMARTS) is 1. The Morgan fingerprint density at radius 2 is 2.11 bits per heavy atom. The van der Waals surface area contributed by atoms with Gasteiger partial charge in [0.05, 0.1) is 17.1 Å². The summed E-state index contributed by atoms with van der Waals surface area (Å²) in [4.78, 5) is 25.1. The van der Waals surface area contributed by atoms with Gasteiger partial charge >= 0.3 is 6.16 Å². The Hall–Kier alpha value is -2.68. The molecule has 4 rings (SSSR count). The van der Waals surface area contributed by atoms with Gasteiger partial charge in [-0.15, -0.1) is 0 Å². The summed E-state index contributed by atoms with van der Waals surface area (Å²) in [6.07, 6.45) is 1.92. The second kappa shape index (κ2) is 7.05. The Morgan fingerprint density at radius 1 is 1.36 bits per heavy atom.